The van der Waals surface area contributed by atoms with E-state index in [4.69, 9.17) is 9.47 Å². The highest BCUT2D eigenvalue weighted by Gasteiger charge is 2.31. The zero-order valence-electron chi connectivity index (χ0n) is 19.4. The molecule has 0 fully saturated rings. The Morgan fingerprint density at radius 1 is 0.935 bits per heavy atom. The summed E-state index contributed by atoms with van der Waals surface area (Å²) in [6, 6.07) is 17.7. The minimum atomic E-state index is -1.32. The molecule has 2 aromatic carbocycles. The first-order chi connectivity index (χ1) is 14.7. The lowest BCUT2D eigenvalue weighted by atomic mass is 10.0. The minimum absolute atomic E-state index is 0.173. The van der Waals surface area contributed by atoms with Gasteiger partial charge in [0.2, 0.25) is 0 Å². The number of aryl methyl sites for hydroxylation is 1. The van der Waals surface area contributed by atoms with Gasteiger partial charge in [0.05, 0.1) is 6.61 Å². The van der Waals surface area contributed by atoms with Crippen molar-refractivity contribution >= 4 is 20.1 Å². The number of nitrogens with zero attached hydrogens (tertiary/aromatic N) is 1. The molecule has 0 aliphatic heterocycles. The molecule has 0 aromatic heterocycles. The summed E-state index contributed by atoms with van der Waals surface area (Å²) < 4.78 is 11.1. The molecule has 0 aliphatic carbocycles. The first-order valence-electron chi connectivity index (χ1n) is 10.9. The van der Waals surface area contributed by atoms with Crippen LogP contribution in [0, 0.1) is 6.92 Å². The normalized spacial score (nSPS) is 12.2. The lowest BCUT2D eigenvalue weighted by molar-refractivity contribution is -0.150. The number of amides is 1. The standard InChI is InChI=1S/C25H35NO4Si/c1-6-26(25(28)29-16-17-31(3,4)5)23(18-21-14-12-20(2)13-15-21)24(27)30-19-22-10-8-7-9-11-22/h7-15,23H,6,16-19H2,1-5H3. The molecule has 0 spiro atoms. The molecule has 0 heterocycles. The quantitative estimate of drug-likeness (QED) is 0.364. The van der Waals surface area contributed by atoms with Crippen LogP contribution in [0.4, 0.5) is 4.79 Å². The average Bonchev–Trinajstić information content (AvgIpc) is 2.73. The average molecular weight is 442 g/mol. The highest BCUT2D eigenvalue weighted by molar-refractivity contribution is 6.76. The van der Waals surface area contributed by atoms with Crippen LogP contribution in [0.1, 0.15) is 23.6 Å². The van der Waals surface area contributed by atoms with Gasteiger partial charge in [0, 0.05) is 21.0 Å². The van der Waals surface area contributed by atoms with Gasteiger partial charge < -0.3 is 9.47 Å². The van der Waals surface area contributed by atoms with E-state index in [9.17, 15) is 9.59 Å². The van der Waals surface area contributed by atoms with E-state index in [1.54, 1.807) is 0 Å². The van der Waals surface area contributed by atoms with Crippen molar-refractivity contribution in [3.8, 4) is 0 Å². The third-order valence-electron chi connectivity index (χ3n) is 5.07. The molecule has 0 saturated heterocycles. The van der Waals surface area contributed by atoms with Gasteiger partial charge >= 0.3 is 12.1 Å². The first-order valence-corrected chi connectivity index (χ1v) is 14.6. The van der Waals surface area contributed by atoms with Crippen LogP contribution >= 0.6 is 0 Å². The Balaban J connectivity index is 2.14. The molecule has 2 rings (SSSR count). The van der Waals surface area contributed by atoms with E-state index in [1.165, 1.54) is 4.90 Å². The Kier molecular flexibility index (Phi) is 9.31. The van der Waals surface area contributed by atoms with E-state index in [2.05, 4.69) is 19.6 Å². The van der Waals surface area contributed by atoms with Crippen molar-refractivity contribution < 1.29 is 19.1 Å². The molecule has 0 aliphatic rings. The predicted molar refractivity (Wildman–Crippen MR) is 127 cm³/mol. The predicted octanol–water partition coefficient (Wildman–Crippen LogP) is 5.45. The number of hydrogen-bond acceptors (Lipinski definition) is 4. The number of carbonyl (C=O) groups is 2. The van der Waals surface area contributed by atoms with E-state index in [1.807, 2.05) is 68.4 Å². The molecule has 1 unspecified atom stereocenters. The van der Waals surface area contributed by atoms with Crippen molar-refractivity contribution in [3.05, 3.63) is 71.3 Å². The smallest absolute Gasteiger partial charge is 0.410 e. The van der Waals surface area contributed by atoms with Gasteiger partial charge in [0.1, 0.15) is 12.6 Å². The van der Waals surface area contributed by atoms with Crippen LogP contribution in [0.3, 0.4) is 0 Å². The Morgan fingerprint density at radius 2 is 1.58 bits per heavy atom. The van der Waals surface area contributed by atoms with Gasteiger partial charge in [-0.2, -0.15) is 0 Å². The molecular formula is C25H35NO4Si. The van der Waals surface area contributed by atoms with E-state index in [0.29, 0.717) is 19.6 Å². The zero-order chi connectivity index (χ0) is 22.9. The lowest BCUT2D eigenvalue weighted by Crippen LogP contribution is -2.47. The molecule has 0 bridgehead atoms. The Labute approximate surface area is 187 Å². The van der Waals surface area contributed by atoms with E-state index < -0.39 is 26.2 Å². The van der Waals surface area contributed by atoms with Crippen LogP contribution in [-0.4, -0.2) is 44.2 Å². The highest BCUT2D eigenvalue weighted by Crippen LogP contribution is 2.16. The maximum absolute atomic E-state index is 13.1. The number of benzene rings is 2. The number of ether oxygens (including phenoxy) is 2. The van der Waals surface area contributed by atoms with Gasteiger partial charge in [-0.15, -0.1) is 0 Å². The van der Waals surface area contributed by atoms with Crippen LogP contribution in [0.5, 0.6) is 0 Å². The second kappa shape index (κ2) is 11.7. The number of carbonyl (C=O) groups excluding carboxylic acids is 2. The molecule has 1 amide bonds. The molecular weight excluding hydrogens is 406 g/mol. The van der Waals surface area contributed by atoms with Gasteiger partial charge in [0.25, 0.3) is 0 Å². The van der Waals surface area contributed by atoms with Crippen molar-refractivity contribution in [2.24, 2.45) is 0 Å². The Hall–Kier alpha value is -2.60. The Morgan fingerprint density at radius 3 is 2.16 bits per heavy atom. The largest absolute Gasteiger partial charge is 0.459 e. The molecule has 0 saturated carbocycles. The zero-order valence-corrected chi connectivity index (χ0v) is 20.4. The summed E-state index contributed by atoms with van der Waals surface area (Å²) in [6.07, 6.45) is -0.0836. The summed E-state index contributed by atoms with van der Waals surface area (Å²) in [6.45, 7) is 11.5. The SMILES string of the molecule is CCN(C(=O)OCC[Si](C)(C)C)C(Cc1ccc(C)cc1)C(=O)OCc1ccccc1. The topological polar surface area (TPSA) is 55.8 Å². The van der Waals surface area contributed by atoms with E-state index in [-0.39, 0.29) is 6.61 Å². The lowest BCUT2D eigenvalue weighted by Gasteiger charge is -2.29. The van der Waals surface area contributed by atoms with Gasteiger partial charge in [0.15, 0.2) is 0 Å². The molecule has 5 nitrogen and oxygen atoms in total. The van der Waals surface area contributed by atoms with Crippen LogP contribution in [0.2, 0.25) is 25.7 Å². The fraction of sp³-hybridized carbons (Fsp3) is 0.440. The summed E-state index contributed by atoms with van der Waals surface area (Å²) in [5.74, 6) is -0.423. The maximum atomic E-state index is 13.1. The number of hydrogen-bond donors (Lipinski definition) is 0. The summed E-state index contributed by atoms with van der Waals surface area (Å²) in [4.78, 5) is 27.4. The third kappa shape index (κ3) is 8.57. The van der Waals surface area contributed by atoms with Crippen LogP contribution in [-0.2, 0) is 27.3 Å². The van der Waals surface area contributed by atoms with Gasteiger partial charge in [-0.3, -0.25) is 4.90 Å². The maximum Gasteiger partial charge on any atom is 0.410 e. The third-order valence-corrected chi connectivity index (χ3v) is 6.78. The molecule has 6 heteroatoms. The highest BCUT2D eigenvalue weighted by atomic mass is 28.3. The van der Waals surface area contributed by atoms with Crippen LogP contribution in [0.15, 0.2) is 54.6 Å². The van der Waals surface area contributed by atoms with Crippen molar-refractivity contribution in [2.75, 3.05) is 13.2 Å². The Bertz CT molecular complexity index is 831. The van der Waals surface area contributed by atoms with Crippen LogP contribution in [0.25, 0.3) is 0 Å². The number of esters is 1. The molecule has 168 valence electrons. The molecule has 0 N–H and O–H groups in total. The molecule has 2 aromatic rings. The second-order valence-electron chi connectivity index (χ2n) is 9.01. The van der Waals surface area contributed by atoms with Crippen LogP contribution < -0.4 is 0 Å². The fourth-order valence-corrected chi connectivity index (χ4v) is 3.81. The van der Waals surface area contributed by atoms with Crippen molar-refractivity contribution in [2.45, 2.75) is 58.6 Å². The minimum Gasteiger partial charge on any atom is -0.459 e. The second-order valence-corrected chi connectivity index (χ2v) is 14.6. The van der Waals surface area contributed by atoms with E-state index in [0.717, 1.165) is 22.7 Å². The summed E-state index contributed by atoms with van der Waals surface area (Å²) >= 11 is 0. The van der Waals surface area contributed by atoms with Gasteiger partial charge in [-0.05, 0) is 31.0 Å². The number of likely N-dealkylation sites (N-methyl/N-ethyl adjacent to an activating group) is 1. The van der Waals surface area contributed by atoms with Gasteiger partial charge in [-0.25, -0.2) is 9.59 Å². The first kappa shape index (κ1) is 24.7. The fourth-order valence-electron chi connectivity index (χ4n) is 3.10. The number of rotatable bonds is 10. The van der Waals surface area contributed by atoms with Crippen molar-refractivity contribution in [3.63, 3.8) is 0 Å². The molecule has 31 heavy (non-hydrogen) atoms. The monoisotopic (exact) mass is 441 g/mol. The summed E-state index contributed by atoms with van der Waals surface area (Å²) in [5.41, 5.74) is 3.02. The molecule has 1 atom stereocenters. The summed E-state index contributed by atoms with van der Waals surface area (Å²) in [7, 11) is -1.32. The van der Waals surface area contributed by atoms with Gasteiger partial charge in [-0.1, -0.05) is 79.8 Å². The van der Waals surface area contributed by atoms with Crippen molar-refractivity contribution in [1.29, 1.82) is 0 Å². The summed E-state index contributed by atoms with van der Waals surface area (Å²) in [5, 5.41) is 0. The molecule has 0 radical (unpaired) electrons. The van der Waals surface area contributed by atoms with Crippen molar-refractivity contribution in [1.82, 2.24) is 4.90 Å². The van der Waals surface area contributed by atoms with E-state index >= 15 is 0 Å².